The minimum atomic E-state index is 0. The highest BCUT2D eigenvalue weighted by atomic mass is 35.5. The zero-order valence-corrected chi connectivity index (χ0v) is 15.7. The number of thioether (sulfide) groups is 1. The van der Waals surface area contributed by atoms with E-state index in [9.17, 15) is 0 Å². The van der Waals surface area contributed by atoms with Crippen molar-refractivity contribution in [2.45, 2.75) is 5.75 Å². The Morgan fingerprint density at radius 2 is 1.88 bits per heavy atom. The number of nitrogens with zero attached hydrogens (tertiary/aromatic N) is 3. The fraction of sp³-hybridized carbons (Fsp3) is 0.188. The minimum absolute atomic E-state index is 0. The monoisotopic (exact) mass is 400 g/mol. The van der Waals surface area contributed by atoms with Gasteiger partial charge in [-0.2, -0.15) is 11.8 Å². The van der Waals surface area contributed by atoms with Crippen molar-refractivity contribution < 1.29 is 0 Å². The molecule has 0 atom stereocenters. The maximum absolute atomic E-state index is 6.17. The van der Waals surface area contributed by atoms with Crippen LogP contribution in [0, 0.1) is 0 Å². The summed E-state index contributed by atoms with van der Waals surface area (Å²) in [6.07, 6.45) is 5.02. The first kappa shape index (κ1) is 19.1. The number of rotatable bonds is 6. The molecule has 0 saturated heterocycles. The normalized spacial score (nSPS) is 10.4. The van der Waals surface area contributed by atoms with Gasteiger partial charge in [-0.1, -0.05) is 29.3 Å². The summed E-state index contributed by atoms with van der Waals surface area (Å²) in [5, 5.41) is 5.74. The standard InChI is InChI=1S/C16H14Cl2N4S.ClH/c17-13-2-1-3-14(18)12(13)9-23-7-6-20-16-11-4-5-19-8-15(11)21-10-22-16;/h1-5,8,10H,6-7,9H2,(H,20,21,22);1H. The van der Waals surface area contributed by atoms with Crippen LogP contribution in [0.15, 0.2) is 43.0 Å². The second-order valence-corrected chi connectivity index (χ2v) is 6.71. The van der Waals surface area contributed by atoms with Crippen LogP contribution >= 0.6 is 47.4 Å². The highest BCUT2D eigenvalue weighted by Gasteiger charge is 2.06. The number of anilines is 1. The number of hydrogen-bond acceptors (Lipinski definition) is 5. The van der Waals surface area contributed by atoms with Crippen LogP contribution in [0.4, 0.5) is 5.82 Å². The van der Waals surface area contributed by atoms with E-state index < -0.39 is 0 Å². The summed E-state index contributed by atoms with van der Waals surface area (Å²) in [6, 6.07) is 7.50. The van der Waals surface area contributed by atoms with E-state index in [0.717, 1.165) is 40.3 Å². The number of fused-ring (bicyclic) bond motifs is 1. The average molecular weight is 402 g/mol. The molecule has 0 bridgehead atoms. The van der Waals surface area contributed by atoms with Crippen molar-refractivity contribution >= 4 is 64.1 Å². The van der Waals surface area contributed by atoms with Crippen molar-refractivity contribution in [1.29, 1.82) is 0 Å². The van der Waals surface area contributed by atoms with E-state index in [1.165, 1.54) is 0 Å². The first-order valence-electron chi connectivity index (χ1n) is 7.05. The van der Waals surface area contributed by atoms with Gasteiger partial charge in [-0.15, -0.1) is 12.4 Å². The second kappa shape index (κ2) is 9.28. The summed E-state index contributed by atoms with van der Waals surface area (Å²) in [4.78, 5) is 12.6. The van der Waals surface area contributed by atoms with Crippen molar-refractivity contribution in [2.24, 2.45) is 0 Å². The zero-order valence-electron chi connectivity index (χ0n) is 12.6. The molecule has 0 fully saturated rings. The van der Waals surface area contributed by atoms with E-state index in [1.54, 1.807) is 30.5 Å². The maximum Gasteiger partial charge on any atom is 0.137 e. The molecule has 4 nitrogen and oxygen atoms in total. The Morgan fingerprint density at radius 1 is 1.08 bits per heavy atom. The lowest BCUT2D eigenvalue weighted by Crippen LogP contribution is -2.06. The van der Waals surface area contributed by atoms with Crippen LogP contribution in [0.1, 0.15) is 5.56 Å². The van der Waals surface area contributed by atoms with Crippen LogP contribution in [-0.4, -0.2) is 27.2 Å². The van der Waals surface area contributed by atoms with Gasteiger partial charge in [0, 0.05) is 39.7 Å². The van der Waals surface area contributed by atoms with Crippen LogP contribution in [0.25, 0.3) is 10.9 Å². The summed E-state index contributed by atoms with van der Waals surface area (Å²) in [5.41, 5.74) is 1.82. The van der Waals surface area contributed by atoms with E-state index >= 15 is 0 Å². The Balaban J connectivity index is 0.00000208. The molecule has 0 amide bonds. The lowest BCUT2D eigenvalue weighted by molar-refractivity contribution is 1.14. The third-order valence-electron chi connectivity index (χ3n) is 3.29. The van der Waals surface area contributed by atoms with Crippen LogP contribution in [0.2, 0.25) is 10.0 Å². The summed E-state index contributed by atoms with van der Waals surface area (Å²) >= 11 is 14.1. The molecule has 0 spiro atoms. The molecule has 0 saturated carbocycles. The van der Waals surface area contributed by atoms with E-state index in [-0.39, 0.29) is 12.4 Å². The molecule has 1 aromatic carbocycles. The van der Waals surface area contributed by atoms with Gasteiger partial charge in [0.15, 0.2) is 0 Å². The van der Waals surface area contributed by atoms with Crippen molar-refractivity contribution in [3.63, 3.8) is 0 Å². The molecule has 24 heavy (non-hydrogen) atoms. The number of pyridine rings is 1. The van der Waals surface area contributed by atoms with Gasteiger partial charge in [0.2, 0.25) is 0 Å². The number of benzene rings is 1. The van der Waals surface area contributed by atoms with Gasteiger partial charge in [-0.05, 0) is 23.8 Å². The van der Waals surface area contributed by atoms with Crippen LogP contribution < -0.4 is 5.32 Å². The fourth-order valence-corrected chi connectivity index (χ4v) is 3.73. The third kappa shape index (κ3) is 4.63. The quantitative estimate of drug-likeness (QED) is 0.582. The fourth-order valence-electron chi connectivity index (χ4n) is 2.13. The molecular formula is C16H15Cl3N4S. The molecule has 0 aliphatic heterocycles. The van der Waals surface area contributed by atoms with Gasteiger partial charge >= 0.3 is 0 Å². The van der Waals surface area contributed by atoms with Crippen molar-refractivity contribution in [3.05, 3.63) is 58.6 Å². The molecule has 0 radical (unpaired) electrons. The van der Waals surface area contributed by atoms with E-state index in [4.69, 9.17) is 23.2 Å². The molecule has 0 unspecified atom stereocenters. The van der Waals surface area contributed by atoms with Crippen LogP contribution in [-0.2, 0) is 5.75 Å². The molecule has 0 aliphatic carbocycles. The van der Waals surface area contributed by atoms with Gasteiger partial charge < -0.3 is 5.32 Å². The molecule has 0 aliphatic rings. The molecule has 8 heteroatoms. The first-order chi connectivity index (χ1) is 11.3. The van der Waals surface area contributed by atoms with Gasteiger partial charge in [-0.3, -0.25) is 4.98 Å². The topological polar surface area (TPSA) is 50.7 Å². The Hall–Kier alpha value is -1.27. The highest BCUT2D eigenvalue weighted by Crippen LogP contribution is 2.28. The molecule has 3 rings (SSSR count). The highest BCUT2D eigenvalue weighted by molar-refractivity contribution is 7.98. The number of nitrogens with one attached hydrogen (secondary N) is 1. The van der Waals surface area contributed by atoms with Gasteiger partial charge in [0.25, 0.3) is 0 Å². The molecular weight excluding hydrogens is 387 g/mol. The van der Waals surface area contributed by atoms with Crippen LogP contribution in [0.3, 0.4) is 0 Å². The van der Waals surface area contributed by atoms with Gasteiger partial charge in [0.05, 0.1) is 11.7 Å². The third-order valence-corrected chi connectivity index (χ3v) is 4.98. The molecule has 2 aromatic heterocycles. The lowest BCUT2D eigenvalue weighted by Gasteiger charge is -2.09. The lowest BCUT2D eigenvalue weighted by atomic mass is 10.2. The summed E-state index contributed by atoms with van der Waals surface area (Å²) in [5.74, 6) is 2.53. The first-order valence-corrected chi connectivity index (χ1v) is 8.96. The van der Waals surface area contributed by atoms with Crippen molar-refractivity contribution in [2.75, 3.05) is 17.6 Å². The summed E-state index contributed by atoms with van der Waals surface area (Å²) in [6.45, 7) is 0.793. The zero-order chi connectivity index (χ0) is 16.1. The van der Waals surface area contributed by atoms with Gasteiger partial charge in [0.1, 0.15) is 12.1 Å². The molecule has 1 N–H and O–H groups in total. The molecule has 3 aromatic rings. The van der Waals surface area contributed by atoms with E-state index in [1.807, 2.05) is 24.3 Å². The SMILES string of the molecule is Cl.Clc1cccc(Cl)c1CSCCNc1ncnc2cnccc12. The number of aromatic nitrogens is 3. The predicted octanol–water partition coefficient (Wildman–Crippen LogP) is 5.10. The maximum atomic E-state index is 6.17. The summed E-state index contributed by atoms with van der Waals surface area (Å²) < 4.78 is 0. The Labute approximate surface area is 160 Å². The summed E-state index contributed by atoms with van der Waals surface area (Å²) in [7, 11) is 0. The largest absolute Gasteiger partial charge is 0.369 e. The van der Waals surface area contributed by atoms with E-state index in [2.05, 4.69) is 20.3 Å². The Morgan fingerprint density at radius 3 is 2.67 bits per heavy atom. The predicted molar refractivity (Wildman–Crippen MR) is 106 cm³/mol. The second-order valence-electron chi connectivity index (χ2n) is 4.79. The number of hydrogen-bond donors (Lipinski definition) is 1. The van der Waals surface area contributed by atoms with Crippen molar-refractivity contribution in [3.8, 4) is 0 Å². The van der Waals surface area contributed by atoms with Crippen molar-refractivity contribution in [1.82, 2.24) is 15.0 Å². The average Bonchev–Trinajstić information content (AvgIpc) is 2.57. The molecule has 2 heterocycles. The Kier molecular flexibility index (Phi) is 7.37. The van der Waals surface area contributed by atoms with Gasteiger partial charge in [-0.25, -0.2) is 9.97 Å². The Bertz CT molecular complexity index is 791. The smallest absolute Gasteiger partial charge is 0.137 e. The number of halogens is 3. The van der Waals surface area contributed by atoms with Crippen LogP contribution in [0.5, 0.6) is 0 Å². The molecule has 126 valence electrons. The minimum Gasteiger partial charge on any atom is -0.369 e. The van der Waals surface area contributed by atoms with E-state index in [0.29, 0.717) is 10.0 Å².